The van der Waals surface area contributed by atoms with Gasteiger partial charge in [0, 0.05) is 5.56 Å². The SMILES string of the molecule is O=C(O)Cc1ccccc1COCc1ccccc1F. The zero-order chi connectivity index (χ0) is 14.4. The Morgan fingerprint density at radius 2 is 1.50 bits per heavy atom. The van der Waals surface area contributed by atoms with Crippen LogP contribution < -0.4 is 0 Å². The molecule has 0 unspecified atom stereocenters. The summed E-state index contributed by atoms with van der Waals surface area (Å²) in [7, 11) is 0. The van der Waals surface area contributed by atoms with Gasteiger partial charge in [-0.05, 0) is 17.2 Å². The average molecular weight is 274 g/mol. The summed E-state index contributed by atoms with van der Waals surface area (Å²) in [6.45, 7) is 0.422. The molecule has 0 aromatic heterocycles. The first-order valence-electron chi connectivity index (χ1n) is 6.26. The van der Waals surface area contributed by atoms with Crippen LogP contribution in [-0.4, -0.2) is 11.1 Å². The Morgan fingerprint density at radius 1 is 0.950 bits per heavy atom. The fraction of sp³-hybridized carbons (Fsp3) is 0.188. The predicted molar refractivity (Wildman–Crippen MR) is 72.7 cm³/mol. The summed E-state index contributed by atoms with van der Waals surface area (Å²) >= 11 is 0. The van der Waals surface area contributed by atoms with E-state index in [0.29, 0.717) is 11.1 Å². The summed E-state index contributed by atoms with van der Waals surface area (Å²) in [5, 5.41) is 8.84. The van der Waals surface area contributed by atoms with Crippen LogP contribution in [0.15, 0.2) is 48.5 Å². The maximum absolute atomic E-state index is 13.4. The van der Waals surface area contributed by atoms with E-state index in [1.807, 2.05) is 12.1 Å². The van der Waals surface area contributed by atoms with E-state index in [4.69, 9.17) is 9.84 Å². The van der Waals surface area contributed by atoms with Crippen LogP contribution in [0.3, 0.4) is 0 Å². The second kappa shape index (κ2) is 6.82. The minimum atomic E-state index is -0.883. The molecule has 0 aliphatic heterocycles. The molecule has 0 aliphatic rings. The van der Waals surface area contributed by atoms with E-state index in [1.165, 1.54) is 6.07 Å². The molecule has 0 atom stereocenters. The van der Waals surface area contributed by atoms with Gasteiger partial charge >= 0.3 is 5.97 Å². The number of aliphatic carboxylic acids is 1. The molecule has 0 saturated heterocycles. The smallest absolute Gasteiger partial charge is 0.307 e. The number of halogens is 1. The zero-order valence-electron chi connectivity index (χ0n) is 10.9. The topological polar surface area (TPSA) is 46.5 Å². The van der Waals surface area contributed by atoms with Gasteiger partial charge in [-0.25, -0.2) is 4.39 Å². The predicted octanol–water partition coefficient (Wildman–Crippen LogP) is 3.17. The minimum absolute atomic E-state index is 0.0424. The van der Waals surface area contributed by atoms with Crippen molar-refractivity contribution in [3.05, 3.63) is 71.0 Å². The molecular formula is C16H15FO3. The third kappa shape index (κ3) is 3.90. The van der Waals surface area contributed by atoms with Gasteiger partial charge in [0.1, 0.15) is 5.82 Å². The van der Waals surface area contributed by atoms with Gasteiger partial charge in [0.15, 0.2) is 0 Å². The van der Waals surface area contributed by atoms with E-state index in [2.05, 4.69) is 0 Å². The van der Waals surface area contributed by atoms with E-state index in [9.17, 15) is 9.18 Å². The van der Waals surface area contributed by atoms with Gasteiger partial charge in [0.2, 0.25) is 0 Å². The summed E-state index contributed by atoms with van der Waals surface area (Å²) < 4.78 is 18.9. The molecule has 0 bridgehead atoms. The van der Waals surface area contributed by atoms with Crippen molar-refractivity contribution >= 4 is 5.97 Å². The first-order valence-corrected chi connectivity index (χ1v) is 6.26. The van der Waals surface area contributed by atoms with Gasteiger partial charge in [0.05, 0.1) is 19.6 Å². The molecular weight excluding hydrogens is 259 g/mol. The highest BCUT2D eigenvalue weighted by molar-refractivity contribution is 5.70. The number of carboxylic acid groups (broad SMARTS) is 1. The molecule has 2 aromatic rings. The molecule has 104 valence electrons. The third-order valence-electron chi connectivity index (χ3n) is 2.93. The fourth-order valence-electron chi connectivity index (χ4n) is 1.92. The largest absolute Gasteiger partial charge is 0.481 e. The highest BCUT2D eigenvalue weighted by Crippen LogP contribution is 2.13. The molecule has 0 amide bonds. The second-order valence-corrected chi connectivity index (χ2v) is 4.42. The molecule has 0 fully saturated rings. The van der Waals surface area contributed by atoms with Crippen LogP contribution in [0.4, 0.5) is 4.39 Å². The van der Waals surface area contributed by atoms with Crippen molar-refractivity contribution in [2.24, 2.45) is 0 Å². The van der Waals surface area contributed by atoms with Crippen molar-refractivity contribution in [3.63, 3.8) is 0 Å². The highest BCUT2D eigenvalue weighted by atomic mass is 19.1. The molecule has 2 aromatic carbocycles. The van der Waals surface area contributed by atoms with Crippen molar-refractivity contribution in [2.45, 2.75) is 19.6 Å². The van der Waals surface area contributed by atoms with Crippen molar-refractivity contribution in [3.8, 4) is 0 Å². The second-order valence-electron chi connectivity index (χ2n) is 4.42. The van der Waals surface area contributed by atoms with Crippen LogP contribution >= 0.6 is 0 Å². The molecule has 3 nitrogen and oxygen atoms in total. The summed E-state index contributed by atoms with van der Waals surface area (Å²) in [6.07, 6.45) is -0.0424. The van der Waals surface area contributed by atoms with Crippen LogP contribution in [0, 0.1) is 5.82 Å². The maximum Gasteiger partial charge on any atom is 0.307 e. The van der Waals surface area contributed by atoms with Gasteiger partial charge in [0.25, 0.3) is 0 Å². The van der Waals surface area contributed by atoms with E-state index in [0.717, 1.165) is 5.56 Å². The van der Waals surface area contributed by atoms with Crippen LogP contribution in [0.2, 0.25) is 0 Å². The Kier molecular flexibility index (Phi) is 4.85. The molecule has 20 heavy (non-hydrogen) atoms. The van der Waals surface area contributed by atoms with Gasteiger partial charge in [-0.15, -0.1) is 0 Å². The van der Waals surface area contributed by atoms with Crippen LogP contribution in [0.5, 0.6) is 0 Å². The summed E-state index contributed by atoms with van der Waals surface area (Å²) in [4.78, 5) is 10.8. The Bertz CT molecular complexity index is 596. The number of rotatable bonds is 6. The Hall–Kier alpha value is -2.20. The normalized spacial score (nSPS) is 10.4. The number of carboxylic acids is 1. The number of carbonyl (C=O) groups is 1. The van der Waals surface area contributed by atoms with E-state index >= 15 is 0 Å². The first kappa shape index (κ1) is 14.2. The first-order chi connectivity index (χ1) is 9.66. The molecule has 1 N–H and O–H groups in total. The number of ether oxygens (including phenoxy) is 1. The molecule has 4 heteroatoms. The van der Waals surface area contributed by atoms with Gasteiger partial charge < -0.3 is 9.84 Å². The van der Waals surface area contributed by atoms with Gasteiger partial charge in [-0.2, -0.15) is 0 Å². The molecule has 0 spiro atoms. The van der Waals surface area contributed by atoms with E-state index in [1.54, 1.807) is 30.3 Å². The van der Waals surface area contributed by atoms with Gasteiger partial charge in [-0.3, -0.25) is 4.79 Å². The number of benzene rings is 2. The maximum atomic E-state index is 13.4. The summed E-state index contributed by atoms with van der Waals surface area (Å²) in [5.74, 6) is -1.18. The van der Waals surface area contributed by atoms with Crippen molar-refractivity contribution in [1.29, 1.82) is 0 Å². The molecule has 0 heterocycles. The molecule has 0 saturated carbocycles. The quantitative estimate of drug-likeness (QED) is 0.880. The van der Waals surface area contributed by atoms with Crippen LogP contribution in [-0.2, 0) is 29.2 Å². The van der Waals surface area contributed by atoms with Crippen molar-refractivity contribution < 1.29 is 19.0 Å². The monoisotopic (exact) mass is 274 g/mol. The minimum Gasteiger partial charge on any atom is -0.481 e. The Balaban J connectivity index is 1.97. The van der Waals surface area contributed by atoms with Crippen LogP contribution in [0.1, 0.15) is 16.7 Å². The zero-order valence-corrected chi connectivity index (χ0v) is 10.9. The van der Waals surface area contributed by atoms with Crippen LogP contribution in [0.25, 0.3) is 0 Å². The average Bonchev–Trinajstić information content (AvgIpc) is 2.42. The lowest BCUT2D eigenvalue weighted by Gasteiger charge is -2.09. The lowest BCUT2D eigenvalue weighted by Crippen LogP contribution is -2.05. The van der Waals surface area contributed by atoms with Crippen molar-refractivity contribution in [2.75, 3.05) is 0 Å². The Labute approximate surface area is 116 Å². The lowest BCUT2D eigenvalue weighted by atomic mass is 10.1. The lowest BCUT2D eigenvalue weighted by molar-refractivity contribution is -0.136. The highest BCUT2D eigenvalue weighted by Gasteiger charge is 2.07. The molecule has 0 radical (unpaired) electrons. The molecule has 2 rings (SSSR count). The standard InChI is InChI=1S/C16H15FO3/c17-15-8-4-3-7-14(15)11-20-10-13-6-2-1-5-12(13)9-16(18)19/h1-8H,9-11H2,(H,18,19). The number of hydrogen-bond donors (Lipinski definition) is 1. The van der Waals surface area contributed by atoms with Gasteiger partial charge in [-0.1, -0.05) is 42.5 Å². The van der Waals surface area contributed by atoms with Crippen molar-refractivity contribution in [1.82, 2.24) is 0 Å². The Morgan fingerprint density at radius 3 is 2.15 bits per heavy atom. The molecule has 0 aliphatic carbocycles. The van der Waals surface area contributed by atoms with E-state index < -0.39 is 5.97 Å². The summed E-state index contributed by atoms with van der Waals surface area (Å²) in [5.41, 5.74) is 2.02. The van der Waals surface area contributed by atoms with E-state index in [-0.39, 0.29) is 25.5 Å². The number of hydrogen-bond acceptors (Lipinski definition) is 2. The fourth-order valence-corrected chi connectivity index (χ4v) is 1.92. The third-order valence-corrected chi connectivity index (χ3v) is 2.93. The summed E-state index contributed by atoms with van der Waals surface area (Å²) in [6, 6.07) is 13.6.